The average molecular weight is 405 g/mol. The van der Waals surface area contributed by atoms with E-state index in [1.807, 2.05) is 34.9 Å². The van der Waals surface area contributed by atoms with Gasteiger partial charge in [0, 0.05) is 6.04 Å². The second-order valence-corrected chi connectivity index (χ2v) is 7.26. The van der Waals surface area contributed by atoms with Crippen molar-refractivity contribution in [2.45, 2.75) is 57.8 Å². The summed E-state index contributed by atoms with van der Waals surface area (Å²) in [5.74, 6) is 0.417. The number of nitrogens with zero attached hydrogens (tertiary/aromatic N) is 3. The van der Waals surface area contributed by atoms with Gasteiger partial charge in [-0.05, 0) is 25.3 Å². The Balaban J connectivity index is 2.12. The summed E-state index contributed by atoms with van der Waals surface area (Å²) in [6, 6.07) is 10.1. The summed E-state index contributed by atoms with van der Waals surface area (Å²) in [5.41, 5.74) is 1.07. The first-order chi connectivity index (χ1) is 13.6. The Morgan fingerprint density at radius 2 is 1.86 bits per heavy atom. The average Bonchev–Trinajstić information content (AvgIpc) is 3.06. The van der Waals surface area contributed by atoms with E-state index in [0.29, 0.717) is 24.1 Å². The SMILES string of the molecule is CCOC(=O)Cc1nnc(SCC(=O)NC(CC)CC)n1Cc1ccccc1. The Morgan fingerprint density at radius 3 is 2.50 bits per heavy atom. The summed E-state index contributed by atoms with van der Waals surface area (Å²) in [7, 11) is 0. The van der Waals surface area contributed by atoms with Crippen LogP contribution in [0.3, 0.4) is 0 Å². The molecule has 0 aliphatic carbocycles. The maximum absolute atomic E-state index is 12.2. The molecule has 152 valence electrons. The lowest BCUT2D eigenvalue weighted by Gasteiger charge is -2.14. The Labute approximate surface area is 170 Å². The molecule has 1 aromatic carbocycles. The third-order valence-corrected chi connectivity index (χ3v) is 5.23. The molecule has 1 aromatic heterocycles. The number of aromatic nitrogens is 3. The van der Waals surface area contributed by atoms with Crippen molar-refractivity contribution in [3.8, 4) is 0 Å². The van der Waals surface area contributed by atoms with Crippen molar-refractivity contribution < 1.29 is 14.3 Å². The van der Waals surface area contributed by atoms with Crippen LogP contribution >= 0.6 is 11.8 Å². The topological polar surface area (TPSA) is 86.1 Å². The first-order valence-electron chi connectivity index (χ1n) is 9.61. The highest BCUT2D eigenvalue weighted by Crippen LogP contribution is 2.19. The fourth-order valence-corrected chi connectivity index (χ4v) is 3.48. The van der Waals surface area contributed by atoms with Gasteiger partial charge in [0.25, 0.3) is 0 Å². The fourth-order valence-electron chi connectivity index (χ4n) is 2.71. The monoisotopic (exact) mass is 404 g/mol. The molecule has 0 saturated carbocycles. The van der Waals surface area contributed by atoms with Gasteiger partial charge in [-0.25, -0.2) is 0 Å². The van der Waals surface area contributed by atoms with Crippen LogP contribution in [-0.4, -0.2) is 45.0 Å². The van der Waals surface area contributed by atoms with Gasteiger partial charge in [-0.1, -0.05) is 55.9 Å². The number of carbonyl (C=O) groups excluding carboxylic acids is 2. The first-order valence-corrected chi connectivity index (χ1v) is 10.6. The smallest absolute Gasteiger partial charge is 0.313 e. The van der Waals surface area contributed by atoms with Crippen LogP contribution in [-0.2, 0) is 27.3 Å². The van der Waals surface area contributed by atoms with Gasteiger partial charge in [0.15, 0.2) is 5.16 Å². The van der Waals surface area contributed by atoms with Crippen molar-refractivity contribution in [2.75, 3.05) is 12.4 Å². The number of ether oxygens (including phenoxy) is 1. The Morgan fingerprint density at radius 1 is 1.14 bits per heavy atom. The van der Waals surface area contributed by atoms with E-state index in [-0.39, 0.29) is 30.1 Å². The van der Waals surface area contributed by atoms with Crippen LogP contribution in [0, 0.1) is 0 Å². The van der Waals surface area contributed by atoms with Gasteiger partial charge in [0.1, 0.15) is 12.2 Å². The van der Waals surface area contributed by atoms with E-state index >= 15 is 0 Å². The van der Waals surface area contributed by atoms with E-state index in [1.54, 1.807) is 6.92 Å². The van der Waals surface area contributed by atoms with Crippen molar-refractivity contribution in [1.82, 2.24) is 20.1 Å². The summed E-state index contributed by atoms with van der Waals surface area (Å²) in [4.78, 5) is 24.1. The van der Waals surface area contributed by atoms with Gasteiger partial charge in [-0.2, -0.15) is 0 Å². The quantitative estimate of drug-likeness (QED) is 0.458. The Bertz CT molecular complexity index is 760. The minimum Gasteiger partial charge on any atom is -0.466 e. The molecule has 1 amide bonds. The number of benzene rings is 1. The largest absolute Gasteiger partial charge is 0.466 e. The van der Waals surface area contributed by atoms with Crippen molar-refractivity contribution >= 4 is 23.6 Å². The van der Waals surface area contributed by atoms with E-state index in [0.717, 1.165) is 18.4 Å². The Hall–Kier alpha value is -2.35. The number of amides is 1. The van der Waals surface area contributed by atoms with E-state index in [4.69, 9.17) is 4.74 Å². The zero-order chi connectivity index (χ0) is 20.4. The van der Waals surface area contributed by atoms with E-state index < -0.39 is 0 Å². The maximum atomic E-state index is 12.2. The lowest BCUT2D eigenvalue weighted by molar-refractivity contribution is -0.142. The summed E-state index contributed by atoms with van der Waals surface area (Å²) in [6.45, 7) is 6.73. The van der Waals surface area contributed by atoms with Crippen LogP contribution in [0.5, 0.6) is 0 Å². The lowest BCUT2D eigenvalue weighted by Crippen LogP contribution is -2.35. The maximum Gasteiger partial charge on any atom is 0.313 e. The highest BCUT2D eigenvalue weighted by molar-refractivity contribution is 7.99. The molecule has 0 radical (unpaired) electrons. The third kappa shape index (κ3) is 6.67. The van der Waals surface area contributed by atoms with Gasteiger partial charge in [0.05, 0.1) is 18.9 Å². The molecule has 7 nitrogen and oxygen atoms in total. The molecule has 2 aromatic rings. The van der Waals surface area contributed by atoms with Crippen LogP contribution in [0.25, 0.3) is 0 Å². The lowest BCUT2D eigenvalue weighted by atomic mass is 10.2. The molecule has 1 N–H and O–H groups in total. The van der Waals surface area contributed by atoms with Crippen LogP contribution < -0.4 is 5.32 Å². The molecule has 0 saturated heterocycles. The van der Waals surface area contributed by atoms with Crippen molar-refractivity contribution in [2.24, 2.45) is 0 Å². The molecular weight excluding hydrogens is 376 g/mol. The molecule has 0 aliphatic heterocycles. The summed E-state index contributed by atoms with van der Waals surface area (Å²) in [6.07, 6.45) is 1.86. The van der Waals surface area contributed by atoms with Crippen molar-refractivity contribution in [3.63, 3.8) is 0 Å². The van der Waals surface area contributed by atoms with E-state index in [9.17, 15) is 9.59 Å². The molecule has 1 heterocycles. The predicted octanol–water partition coefficient (Wildman–Crippen LogP) is 2.83. The molecule has 0 fully saturated rings. The predicted molar refractivity (Wildman–Crippen MR) is 109 cm³/mol. The molecule has 0 spiro atoms. The van der Waals surface area contributed by atoms with Gasteiger partial charge in [-0.3, -0.25) is 9.59 Å². The van der Waals surface area contributed by atoms with Crippen molar-refractivity contribution in [1.29, 1.82) is 0 Å². The van der Waals surface area contributed by atoms with E-state index in [2.05, 4.69) is 29.4 Å². The number of rotatable bonds is 11. The van der Waals surface area contributed by atoms with Gasteiger partial charge < -0.3 is 14.6 Å². The third-order valence-electron chi connectivity index (χ3n) is 4.27. The normalized spacial score (nSPS) is 10.9. The van der Waals surface area contributed by atoms with Crippen LogP contribution in [0.4, 0.5) is 0 Å². The molecule has 2 rings (SSSR count). The highest BCUT2D eigenvalue weighted by atomic mass is 32.2. The number of esters is 1. The van der Waals surface area contributed by atoms with E-state index in [1.165, 1.54) is 11.8 Å². The molecule has 0 bridgehead atoms. The summed E-state index contributed by atoms with van der Waals surface area (Å²) < 4.78 is 6.91. The molecule has 28 heavy (non-hydrogen) atoms. The summed E-state index contributed by atoms with van der Waals surface area (Å²) >= 11 is 1.32. The minimum atomic E-state index is -0.341. The number of hydrogen-bond donors (Lipinski definition) is 1. The number of hydrogen-bond acceptors (Lipinski definition) is 6. The van der Waals surface area contributed by atoms with Crippen LogP contribution in [0.2, 0.25) is 0 Å². The van der Waals surface area contributed by atoms with Crippen LogP contribution in [0.15, 0.2) is 35.5 Å². The molecule has 8 heteroatoms. The number of thioether (sulfide) groups is 1. The zero-order valence-corrected chi connectivity index (χ0v) is 17.5. The fraction of sp³-hybridized carbons (Fsp3) is 0.500. The highest BCUT2D eigenvalue weighted by Gasteiger charge is 2.18. The minimum absolute atomic E-state index is 0.0279. The molecule has 0 aliphatic rings. The number of nitrogens with one attached hydrogen (secondary N) is 1. The van der Waals surface area contributed by atoms with Gasteiger partial charge >= 0.3 is 5.97 Å². The second-order valence-electron chi connectivity index (χ2n) is 6.32. The zero-order valence-electron chi connectivity index (χ0n) is 16.7. The van der Waals surface area contributed by atoms with Gasteiger partial charge in [0.2, 0.25) is 5.91 Å². The second kappa shape index (κ2) is 11.5. The summed E-state index contributed by atoms with van der Waals surface area (Å²) in [5, 5.41) is 12.0. The standard InChI is InChI=1S/C20H28N4O3S/c1-4-16(5-2)21-18(25)14-28-20-23-22-17(12-19(26)27-6-3)24(20)13-15-10-8-7-9-11-15/h7-11,16H,4-6,12-14H2,1-3H3,(H,21,25). The molecular formula is C20H28N4O3S. The van der Waals surface area contributed by atoms with Crippen LogP contribution in [0.1, 0.15) is 45.0 Å². The van der Waals surface area contributed by atoms with Gasteiger partial charge in [-0.15, -0.1) is 10.2 Å². The molecule has 0 unspecified atom stereocenters. The Kier molecular flexibility index (Phi) is 9.00. The number of carbonyl (C=O) groups is 2. The first kappa shape index (κ1) is 21.9. The molecule has 0 atom stereocenters. The van der Waals surface area contributed by atoms with Crippen molar-refractivity contribution in [3.05, 3.63) is 41.7 Å².